The van der Waals surface area contributed by atoms with Crippen molar-refractivity contribution >= 4 is 17.7 Å². The lowest BCUT2D eigenvalue weighted by atomic mass is 10.0. The Hall–Kier alpha value is -1.56. The lowest BCUT2D eigenvalue weighted by Gasteiger charge is -2.38. The van der Waals surface area contributed by atoms with Gasteiger partial charge in [0.25, 0.3) is 0 Å². The Kier molecular flexibility index (Phi) is 5.11. The predicted octanol–water partition coefficient (Wildman–Crippen LogP) is 3.30. The Morgan fingerprint density at radius 2 is 2.18 bits per heavy atom. The zero-order valence-corrected chi connectivity index (χ0v) is 14.1. The van der Waals surface area contributed by atoms with E-state index in [4.69, 9.17) is 21.1 Å². The molecule has 1 saturated heterocycles. The molecule has 0 aliphatic carbocycles. The summed E-state index contributed by atoms with van der Waals surface area (Å²) in [5.74, 6) is 0.461. The molecule has 1 fully saturated rings. The molecule has 0 spiro atoms. The molecule has 0 unspecified atom stereocenters. The van der Waals surface area contributed by atoms with Crippen molar-refractivity contribution in [2.75, 3.05) is 6.54 Å². The Morgan fingerprint density at radius 3 is 2.77 bits per heavy atom. The third-order valence-electron chi connectivity index (χ3n) is 3.34. The first-order chi connectivity index (χ1) is 10.2. The van der Waals surface area contributed by atoms with Crippen molar-refractivity contribution in [3.63, 3.8) is 0 Å². The van der Waals surface area contributed by atoms with Crippen molar-refractivity contribution in [1.82, 2.24) is 14.9 Å². The van der Waals surface area contributed by atoms with Crippen LogP contribution in [-0.4, -0.2) is 45.3 Å². The molecule has 6 nitrogen and oxygen atoms in total. The molecule has 2 rings (SSSR count). The molecule has 0 radical (unpaired) electrons. The van der Waals surface area contributed by atoms with E-state index in [2.05, 4.69) is 9.97 Å². The number of halogens is 1. The van der Waals surface area contributed by atoms with Gasteiger partial charge in [0.05, 0.1) is 0 Å². The second-order valence-corrected chi connectivity index (χ2v) is 6.79. The third-order valence-corrected chi connectivity index (χ3v) is 3.53. The van der Waals surface area contributed by atoms with Gasteiger partial charge in [-0.15, -0.1) is 0 Å². The molecule has 0 aromatic carbocycles. The number of piperidine rings is 1. The van der Waals surface area contributed by atoms with E-state index >= 15 is 0 Å². The average molecular weight is 328 g/mol. The molecule has 2 heterocycles. The minimum absolute atomic E-state index is 0.000321. The topological polar surface area (TPSA) is 64.6 Å². The number of aromatic nitrogens is 2. The highest BCUT2D eigenvalue weighted by Gasteiger charge is 2.32. The van der Waals surface area contributed by atoms with E-state index in [1.54, 1.807) is 17.2 Å². The van der Waals surface area contributed by atoms with Crippen LogP contribution in [-0.2, 0) is 4.74 Å². The zero-order valence-electron chi connectivity index (χ0n) is 13.4. The van der Waals surface area contributed by atoms with Gasteiger partial charge in [-0.1, -0.05) is 0 Å². The number of nitrogens with zero attached hydrogens (tertiary/aromatic N) is 3. The molecule has 0 bridgehead atoms. The van der Waals surface area contributed by atoms with E-state index in [0.29, 0.717) is 12.4 Å². The van der Waals surface area contributed by atoms with Crippen molar-refractivity contribution in [2.45, 2.75) is 58.3 Å². The van der Waals surface area contributed by atoms with Gasteiger partial charge in [-0.3, -0.25) is 0 Å². The molecule has 1 aliphatic rings. The van der Waals surface area contributed by atoms with Crippen LogP contribution in [0.15, 0.2) is 12.3 Å². The molecule has 122 valence electrons. The number of carbonyl (C=O) groups is 1. The van der Waals surface area contributed by atoms with Crippen molar-refractivity contribution in [1.29, 1.82) is 0 Å². The average Bonchev–Trinajstić information content (AvgIpc) is 2.36. The second-order valence-electron chi connectivity index (χ2n) is 6.45. The number of carbonyl (C=O) groups excluding carboxylic acids is 1. The van der Waals surface area contributed by atoms with Crippen LogP contribution in [0.3, 0.4) is 0 Å². The minimum Gasteiger partial charge on any atom is -0.474 e. The highest BCUT2D eigenvalue weighted by Crippen LogP contribution is 2.23. The van der Waals surface area contributed by atoms with Crippen molar-refractivity contribution in [2.24, 2.45) is 0 Å². The fraction of sp³-hybridized carbons (Fsp3) is 0.667. The molecule has 7 heteroatoms. The van der Waals surface area contributed by atoms with Gasteiger partial charge in [0, 0.05) is 37.7 Å². The zero-order chi connectivity index (χ0) is 16.3. The van der Waals surface area contributed by atoms with Crippen LogP contribution in [0.4, 0.5) is 4.79 Å². The Morgan fingerprint density at radius 1 is 1.45 bits per heavy atom. The number of hydrogen-bond acceptors (Lipinski definition) is 5. The molecule has 1 aromatic heterocycles. The van der Waals surface area contributed by atoms with Gasteiger partial charge in [-0.05, 0) is 39.3 Å². The predicted molar refractivity (Wildman–Crippen MR) is 83.1 cm³/mol. The number of hydrogen-bond donors (Lipinski definition) is 0. The van der Waals surface area contributed by atoms with E-state index < -0.39 is 5.60 Å². The second kappa shape index (κ2) is 6.69. The third kappa shape index (κ3) is 4.73. The maximum atomic E-state index is 12.2. The van der Waals surface area contributed by atoms with Gasteiger partial charge in [-0.2, -0.15) is 4.98 Å². The summed E-state index contributed by atoms with van der Waals surface area (Å²) in [4.78, 5) is 21.8. The standard InChI is InChI=1S/C15H22ClN3O3/c1-10-9-11(21-12-5-7-17-13(16)18-12)6-8-19(10)14(20)22-15(2,3)4/h5,7,10-11H,6,8-9H2,1-4H3/t10-,11-/m0/s1. The van der Waals surface area contributed by atoms with E-state index in [1.165, 1.54) is 0 Å². The molecule has 2 atom stereocenters. The van der Waals surface area contributed by atoms with E-state index in [1.807, 2.05) is 27.7 Å². The van der Waals surface area contributed by atoms with Gasteiger partial charge >= 0.3 is 6.09 Å². The Balaban J connectivity index is 1.91. The SMILES string of the molecule is C[C@H]1C[C@@H](Oc2ccnc(Cl)n2)CCN1C(=O)OC(C)(C)C. The number of rotatable bonds is 2. The first kappa shape index (κ1) is 16.8. The van der Waals surface area contributed by atoms with Crippen LogP contribution in [0.1, 0.15) is 40.5 Å². The van der Waals surface area contributed by atoms with Gasteiger partial charge < -0.3 is 14.4 Å². The van der Waals surface area contributed by atoms with Crippen LogP contribution in [0, 0.1) is 0 Å². The summed E-state index contributed by atoms with van der Waals surface area (Å²) in [6.45, 7) is 8.19. The van der Waals surface area contributed by atoms with Crippen LogP contribution in [0.5, 0.6) is 5.88 Å². The fourth-order valence-corrected chi connectivity index (χ4v) is 2.52. The maximum absolute atomic E-state index is 12.2. The quantitative estimate of drug-likeness (QED) is 0.780. The molecule has 1 aromatic rings. The summed E-state index contributed by atoms with van der Waals surface area (Å²) in [6.07, 6.45) is 2.74. The van der Waals surface area contributed by atoms with Gasteiger partial charge in [0.2, 0.25) is 11.2 Å². The largest absolute Gasteiger partial charge is 0.474 e. The van der Waals surface area contributed by atoms with E-state index in [9.17, 15) is 4.79 Å². The van der Waals surface area contributed by atoms with Crippen LogP contribution in [0.2, 0.25) is 5.28 Å². The van der Waals surface area contributed by atoms with Gasteiger partial charge in [0.15, 0.2) is 0 Å². The summed E-state index contributed by atoms with van der Waals surface area (Å²) in [7, 11) is 0. The van der Waals surface area contributed by atoms with Gasteiger partial charge in [-0.25, -0.2) is 9.78 Å². The molecule has 22 heavy (non-hydrogen) atoms. The Bertz CT molecular complexity index is 533. The van der Waals surface area contributed by atoms with Crippen molar-refractivity contribution in [3.05, 3.63) is 17.5 Å². The van der Waals surface area contributed by atoms with Crippen molar-refractivity contribution in [3.8, 4) is 5.88 Å². The number of ether oxygens (including phenoxy) is 2. The molecule has 0 saturated carbocycles. The normalized spacial score (nSPS) is 22.3. The highest BCUT2D eigenvalue weighted by molar-refractivity contribution is 6.28. The monoisotopic (exact) mass is 327 g/mol. The summed E-state index contributed by atoms with van der Waals surface area (Å²) < 4.78 is 11.2. The lowest BCUT2D eigenvalue weighted by Crippen LogP contribution is -2.49. The first-order valence-corrected chi connectivity index (χ1v) is 7.77. The van der Waals surface area contributed by atoms with Crippen molar-refractivity contribution < 1.29 is 14.3 Å². The van der Waals surface area contributed by atoms with E-state index in [-0.39, 0.29) is 23.5 Å². The summed E-state index contributed by atoms with van der Waals surface area (Å²) in [6, 6.07) is 1.72. The van der Waals surface area contributed by atoms with Crippen LogP contribution < -0.4 is 4.74 Å². The summed E-state index contributed by atoms with van der Waals surface area (Å²) >= 11 is 5.75. The number of amides is 1. The highest BCUT2D eigenvalue weighted by atomic mass is 35.5. The van der Waals surface area contributed by atoms with Crippen LogP contribution in [0.25, 0.3) is 0 Å². The summed E-state index contributed by atoms with van der Waals surface area (Å²) in [5, 5.41) is 0.164. The smallest absolute Gasteiger partial charge is 0.410 e. The van der Waals surface area contributed by atoms with Crippen LogP contribution >= 0.6 is 11.6 Å². The molecular weight excluding hydrogens is 306 g/mol. The fourth-order valence-electron chi connectivity index (χ4n) is 2.38. The molecule has 1 aliphatic heterocycles. The first-order valence-electron chi connectivity index (χ1n) is 7.39. The maximum Gasteiger partial charge on any atom is 0.410 e. The Labute approximate surface area is 135 Å². The minimum atomic E-state index is -0.484. The molecule has 0 N–H and O–H groups in total. The number of likely N-dealkylation sites (tertiary alicyclic amines) is 1. The molecule has 1 amide bonds. The van der Waals surface area contributed by atoms with E-state index in [0.717, 1.165) is 12.8 Å². The lowest BCUT2D eigenvalue weighted by molar-refractivity contribution is -0.00151. The summed E-state index contributed by atoms with van der Waals surface area (Å²) in [5.41, 5.74) is -0.484. The molecular formula is C15H22ClN3O3. The van der Waals surface area contributed by atoms with Gasteiger partial charge in [0.1, 0.15) is 11.7 Å².